The number of nitrogens with zero attached hydrogens (tertiary/aromatic N) is 3. The first-order chi connectivity index (χ1) is 17.5. The summed E-state index contributed by atoms with van der Waals surface area (Å²) in [4.78, 5) is 11.5. The van der Waals surface area contributed by atoms with Gasteiger partial charge in [0.2, 0.25) is 11.5 Å². The van der Waals surface area contributed by atoms with Gasteiger partial charge in [-0.1, -0.05) is 24.3 Å². The lowest BCUT2D eigenvalue weighted by Crippen LogP contribution is -2.43. The Morgan fingerprint density at radius 2 is 1.76 bits per heavy atom. The fourth-order valence-corrected chi connectivity index (χ4v) is 4.77. The third-order valence-electron chi connectivity index (χ3n) is 6.57. The Kier molecular flexibility index (Phi) is 5.79. The molecule has 190 valence electrons. The molecular weight excluding hydrogens is 488 g/mol. The molecule has 37 heavy (non-hydrogen) atoms. The molecule has 10 heteroatoms. The summed E-state index contributed by atoms with van der Waals surface area (Å²) in [7, 11) is 0. The van der Waals surface area contributed by atoms with Crippen molar-refractivity contribution < 1.29 is 27.5 Å². The first-order valence-electron chi connectivity index (χ1n) is 11.4. The lowest BCUT2D eigenvalue weighted by Gasteiger charge is -2.31. The van der Waals surface area contributed by atoms with E-state index >= 15 is 0 Å². The number of benzene rings is 3. The van der Waals surface area contributed by atoms with Gasteiger partial charge in [-0.05, 0) is 55.0 Å². The molecule has 2 aromatic heterocycles. The van der Waals surface area contributed by atoms with E-state index in [0.29, 0.717) is 22.1 Å². The number of hydrogen-bond acceptors (Lipinski definition) is 3. The van der Waals surface area contributed by atoms with Crippen LogP contribution in [0, 0.1) is 5.82 Å². The first-order valence-corrected chi connectivity index (χ1v) is 11.4. The van der Waals surface area contributed by atoms with Crippen molar-refractivity contribution in [3.63, 3.8) is 0 Å². The maximum absolute atomic E-state index is 14.7. The molecule has 2 atom stereocenters. The van der Waals surface area contributed by atoms with Gasteiger partial charge in [-0.15, -0.1) is 0 Å². The molecule has 0 aliphatic carbocycles. The van der Waals surface area contributed by atoms with E-state index in [9.17, 15) is 27.5 Å². The summed E-state index contributed by atoms with van der Waals surface area (Å²) in [5, 5.41) is 16.3. The maximum Gasteiger partial charge on any atom is 0.425 e. The molecular formula is C27H22F4N4O2. The number of primary amides is 1. The maximum atomic E-state index is 14.7. The van der Waals surface area contributed by atoms with Gasteiger partial charge in [0.25, 0.3) is 0 Å². The monoisotopic (exact) mass is 510 g/mol. The average Bonchev–Trinajstić information content (AvgIpc) is 3.45. The lowest BCUT2D eigenvalue weighted by atomic mass is 9.85. The highest BCUT2D eigenvalue weighted by atomic mass is 19.4. The van der Waals surface area contributed by atoms with E-state index < -0.39 is 35.1 Å². The van der Waals surface area contributed by atoms with Crippen molar-refractivity contribution in [3.05, 3.63) is 96.1 Å². The highest BCUT2D eigenvalue weighted by Gasteiger charge is 2.57. The number of amides is 1. The summed E-state index contributed by atoms with van der Waals surface area (Å²) in [6, 6.07) is 15.3. The molecule has 0 spiro atoms. The number of carbonyl (C=O) groups excluding carboxylic acids is 1. The minimum Gasteiger partial charge on any atom is -0.372 e. The smallest absolute Gasteiger partial charge is 0.372 e. The normalized spacial score (nSPS) is 14.6. The molecule has 0 aliphatic rings. The fourth-order valence-electron chi connectivity index (χ4n) is 4.77. The molecule has 0 fully saturated rings. The Labute approximate surface area is 208 Å². The zero-order valence-corrected chi connectivity index (χ0v) is 19.6. The van der Waals surface area contributed by atoms with Gasteiger partial charge in [0.05, 0.1) is 17.4 Å². The van der Waals surface area contributed by atoms with Crippen molar-refractivity contribution in [1.29, 1.82) is 0 Å². The van der Waals surface area contributed by atoms with Gasteiger partial charge >= 0.3 is 6.18 Å². The van der Waals surface area contributed by atoms with Crippen LogP contribution < -0.4 is 5.73 Å². The summed E-state index contributed by atoms with van der Waals surface area (Å²) in [6.07, 6.45) is -2.55. The second kappa shape index (κ2) is 8.74. The number of rotatable bonds is 6. The molecule has 1 amide bonds. The number of aliphatic hydroxyl groups is 1. The van der Waals surface area contributed by atoms with Crippen LogP contribution in [0.1, 0.15) is 30.5 Å². The molecule has 6 nitrogen and oxygen atoms in total. The Morgan fingerprint density at radius 3 is 2.43 bits per heavy atom. The Balaban J connectivity index is 1.69. The summed E-state index contributed by atoms with van der Waals surface area (Å²) in [5.41, 5.74) is 2.65. The van der Waals surface area contributed by atoms with Crippen LogP contribution in [0.3, 0.4) is 0 Å². The number of fused-ring (bicyclic) bond motifs is 2. The van der Waals surface area contributed by atoms with E-state index in [1.807, 2.05) is 0 Å². The Hall–Kier alpha value is -4.18. The van der Waals surface area contributed by atoms with Crippen LogP contribution in [-0.4, -0.2) is 31.5 Å². The SMILES string of the molecule is CC(CC(N)=O)n1cc(C(O)(c2ccc3c(cnn3-c3ccc(F)cc3)c2)C(F)(F)F)c2ccccc21. The van der Waals surface area contributed by atoms with Crippen molar-refractivity contribution in [2.75, 3.05) is 0 Å². The molecule has 5 aromatic rings. The van der Waals surface area contributed by atoms with Gasteiger partial charge in [-0.2, -0.15) is 18.3 Å². The third-order valence-corrected chi connectivity index (χ3v) is 6.57. The quantitative estimate of drug-likeness (QED) is 0.302. The van der Waals surface area contributed by atoms with Gasteiger partial charge in [0, 0.05) is 40.5 Å². The molecule has 2 heterocycles. The van der Waals surface area contributed by atoms with Crippen LogP contribution in [0.4, 0.5) is 17.6 Å². The molecule has 0 radical (unpaired) electrons. The second-order valence-corrected chi connectivity index (χ2v) is 9.00. The van der Waals surface area contributed by atoms with Crippen LogP contribution in [0.25, 0.3) is 27.5 Å². The van der Waals surface area contributed by atoms with Gasteiger partial charge in [0.1, 0.15) is 5.82 Å². The van der Waals surface area contributed by atoms with Crippen LogP contribution in [0.2, 0.25) is 0 Å². The number of hydrogen-bond donors (Lipinski definition) is 2. The minimum atomic E-state index is -5.09. The van der Waals surface area contributed by atoms with Crippen molar-refractivity contribution in [3.8, 4) is 5.69 Å². The third kappa shape index (κ3) is 4.03. The van der Waals surface area contributed by atoms with Gasteiger partial charge in [0.15, 0.2) is 0 Å². The number of para-hydroxylation sites is 1. The standard InChI is InChI=1S/C27H22F4N4O2/c1-16(12-25(32)36)34-15-22(21-4-2-3-5-24(21)34)26(37,27(29,30)31)18-6-11-23-17(13-18)14-33-35(23)20-9-7-19(28)8-10-20/h2-11,13-16,37H,12H2,1H3,(H2,32,36). The lowest BCUT2D eigenvalue weighted by molar-refractivity contribution is -0.247. The van der Waals surface area contributed by atoms with Crippen molar-refractivity contribution in [1.82, 2.24) is 14.3 Å². The minimum absolute atomic E-state index is 0.0862. The van der Waals surface area contributed by atoms with E-state index in [1.165, 1.54) is 70.2 Å². The van der Waals surface area contributed by atoms with E-state index in [0.717, 1.165) is 0 Å². The number of carbonyl (C=O) groups is 1. The molecule has 0 aliphatic heterocycles. The zero-order chi connectivity index (χ0) is 26.5. The highest BCUT2D eigenvalue weighted by molar-refractivity contribution is 5.87. The van der Waals surface area contributed by atoms with Crippen molar-refractivity contribution >= 4 is 27.7 Å². The van der Waals surface area contributed by atoms with E-state index in [2.05, 4.69) is 5.10 Å². The molecule has 0 bridgehead atoms. The fraction of sp³-hybridized carbons (Fsp3) is 0.185. The number of alkyl halides is 3. The molecule has 5 rings (SSSR count). The zero-order valence-electron chi connectivity index (χ0n) is 19.6. The predicted octanol–water partition coefficient (Wildman–Crippen LogP) is 5.35. The number of aromatic nitrogens is 3. The summed E-state index contributed by atoms with van der Waals surface area (Å²) in [5.74, 6) is -1.02. The molecule has 3 aromatic carbocycles. The first kappa shape index (κ1) is 24.5. The average molecular weight is 510 g/mol. The van der Waals surface area contributed by atoms with Crippen molar-refractivity contribution in [2.24, 2.45) is 5.73 Å². The van der Waals surface area contributed by atoms with Gasteiger partial charge in [-0.25, -0.2) is 9.07 Å². The Morgan fingerprint density at radius 1 is 1.05 bits per heavy atom. The summed E-state index contributed by atoms with van der Waals surface area (Å²) >= 11 is 0. The van der Waals surface area contributed by atoms with Crippen LogP contribution in [-0.2, 0) is 10.4 Å². The predicted molar refractivity (Wildman–Crippen MR) is 131 cm³/mol. The molecule has 0 saturated carbocycles. The topological polar surface area (TPSA) is 86.1 Å². The summed E-state index contributed by atoms with van der Waals surface area (Å²) in [6.45, 7) is 1.67. The van der Waals surface area contributed by atoms with Crippen molar-refractivity contribution in [2.45, 2.75) is 31.2 Å². The number of nitrogens with two attached hydrogens (primary N) is 1. The Bertz CT molecular complexity index is 1620. The van der Waals surface area contributed by atoms with Crippen LogP contribution >= 0.6 is 0 Å². The van der Waals surface area contributed by atoms with E-state index in [4.69, 9.17) is 5.73 Å². The van der Waals surface area contributed by atoms with Gasteiger partial charge in [-0.3, -0.25) is 4.79 Å². The molecule has 2 unspecified atom stereocenters. The van der Waals surface area contributed by atoms with Crippen LogP contribution in [0.15, 0.2) is 79.1 Å². The summed E-state index contributed by atoms with van der Waals surface area (Å²) < 4.78 is 60.6. The van der Waals surface area contributed by atoms with E-state index in [-0.39, 0.29) is 17.4 Å². The molecule has 3 N–H and O–H groups in total. The van der Waals surface area contributed by atoms with Gasteiger partial charge < -0.3 is 15.4 Å². The second-order valence-electron chi connectivity index (χ2n) is 9.00. The highest BCUT2D eigenvalue weighted by Crippen LogP contribution is 2.48. The van der Waals surface area contributed by atoms with E-state index in [1.54, 1.807) is 25.1 Å². The largest absolute Gasteiger partial charge is 0.425 e. The van der Waals surface area contributed by atoms with Crippen LogP contribution in [0.5, 0.6) is 0 Å². The molecule has 0 saturated heterocycles. The number of halogens is 4.